The number of esters is 1. The van der Waals surface area contributed by atoms with Crippen LogP contribution in [0.25, 0.3) is 0 Å². The van der Waals surface area contributed by atoms with E-state index in [-0.39, 0.29) is 11.6 Å². The summed E-state index contributed by atoms with van der Waals surface area (Å²) in [6, 6.07) is 0. The standard InChI is InChI=1S/C24H35NO4/c1-6-16-18(26)12-19(28-23(16)27)20-15(3)21(25-10-8-7-9-11-25)14(2)17-13-24(4,5)29-22(17)20/h16,18-19,26H,6-13H2,1-5H3. The van der Waals surface area contributed by atoms with E-state index in [1.165, 1.54) is 36.1 Å². The van der Waals surface area contributed by atoms with Crippen molar-refractivity contribution < 1.29 is 19.4 Å². The molecule has 1 N–H and O–H groups in total. The predicted octanol–water partition coefficient (Wildman–Crippen LogP) is 4.38. The van der Waals surface area contributed by atoms with E-state index in [2.05, 4.69) is 32.6 Å². The molecule has 1 aromatic rings. The van der Waals surface area contributed by atoms with Crippen LogP contribution in [0.2, 0.25) is 0 Å². The Bertz CT molecular complexity index is 810. The monoisotopic (exact) mass is 401 g/mol. The number of hydrogen-bond donors (Lipinski definition) is 1. The Balaban J connectivity index is 1.83. The highest BCUT2D eigenvalue weighted by molar-refractivity contribution is 5.76. The smallest absolute Gasteiger partial charge is 0.312 e. The van der Waals surface area contributed by atoms with Crippen molar-refractivity contribution in [2.75, 3.05) is 18.0 Å². The molecule has 0 bridgehead atoms. The van der Waals surface area contributed by atoms with Crippen LogP contribution in [0.4, 0.5) is 5.69 Å². The van der Waals surface area contributed by atoms with Crippen LogP contribution < -0.4 is 9.64 Å². The minimum atomic E-state index is -0.671. The number of ether oxygens (including phenoxy) is 2. The largest absolute Gasteiger partial charge is 0.487 e. The van der Waals surface area contributed by atoms with E-state index in [9.17, 15) is 9.90 Å². The van der Waals surface area contributed by atoms with E-state index in [0.29, 0.717) is 12.8 Å². The van der Waals surface area contributed by atoms with Gasteiger partial charge in [0.15, 0.2) is 0 Å². The molecule has 5 nitrogen and oxygen atoms in total. The molecule has 160 valence electrons. The molecule has 4 rings (SSSR count). The molecule has 2 fully saturated rings. The summed E-state index contributed by atoms with van der Waals surface area (Å²) in [5.41, 5.74) is 5.64. The van der Waals surface area contributed by atoms with Crippen LogP contribution in [0.3, 0.4) is 0 Å². The summed E-state index contributed by atoms with van der Waals surface area (Å²) in [6.45, 7) is 12.6. The number of carbonyl (C=O) groups is 1. The van der Waals surface area contributed by atoms with Gasteiger partial charge in [-0.05, 0) is 64.5 Å². The van der Waals surface area contributed by atoms with Crippen LogP contribution in [-0.4, -0.2) is 35.9 Å². The maximum absolute atomic E-state index is 12.6. The minimum absolute atomic E-state index is 0.280. The molecule has 1 aromatic carbocycles. The van der Waals surface area contributed by atoms with Gasteiger partial charge in [-0.2, -0.15) is 0 Å². The Kier molecular flexibility index (Phi) is 5.30. The molecule has 0 spiro atoms. The molecule has 3 atom stereocenters. The van der Waals surface area contributed by atoms with Crippen molar-refractivity contribution in [3.8, 4) is 5.75 Å². The van der Waals surface area contributed by atoms with Crippen molar-refractivity contribution in [2.24, 2.45) is 5.92 Å². The fourth-order valence-electron chi connectivity index (χ4n) is 5.53. The lowest BCUT2D eigenvalue weighted by molar-refractivity contribution is -0.170. The van der Waals surface area contributed by atoms with E-state index in [1.807, 2.05) is 6.92 Å². The summed E-state index contributed by atoms with van der Waals surface area (Å²) < 4.78 is 12.3. The first kappa shape index (κ1) is 20.5. The SMILES string of the molecule is CCC1C(=O)OC(c2c(C)c(N3CCCCC3)c(C)c3c2OC(C)(C)C3)CC1O. The maximum atomic E-state index is 12.6. The van der Waals surface area contributed by atoms with Crippen molar-refractivity contribution in [1.29, 1.82) is 0 Å². The fourth-order valence-corrected chi connectivity index (χ4v) is 5.53. The van der Waals surface area contributed by atoms with Crippen molar-refractivity contribution >= 4 is 11.7 Å². The highest BCUT2D eigenvalue weighted by Gasteiger charge is 2.43. The normalized spacial score (nSPS) is 28.7. The van der Waals surface area contributed by atoms with Gasteiger partial charge in [0.2, 0.25) is 0 Å². The zero-order valence-electron chi connectivity index (χ0n) is 18.5. The topological polar surface area (TPSA) is 59.0 Å². The van der Waals surface area contributed by atoms with Gasteiger partial charge in [-0.1, -0.05) is 6.92 Å². The van der Waals surface area contributed by atoms with Crippen LogP contribution in [0.5, 0.6) is 5.75 Å². The van der Waals surface area contributed by atoms with Gasteiger partial charge in [0.1, 0.15) is 17.5 Å². The molecule has 3 aliphatic heterocycles. The van der Waals surface area contributed by atoms with Gasteiger partial charge in [-0.3, -0.25) is 4.79 Å². The molecule has 0 amide bonds. The third kappa shape index (κ3) is 3.52. The highest BCUT2D eigenvalue weighted by atomic mass is 16.6. The zero-order chi connectivity index (χ0) is 20.9. The van der Waals surface area contributed by atoms with E-state index < -0.39 is 18.1 Å². The van der Waals surface area contributed by atoms with Crippen molar-refractivity contribution in [3.05, 3.63) is 22.3 Å². The number of benzene rings is 1. The van der Waals surface area contributed by atoms with E-state index >= 15 is 0 Å². The number of hydrogen-bond acceptors (Lipinski definition) is 5. The Labute approximate surface area is 174 Å². The number of piperidine rings is 1. The third-order valence-electron chi connectivity index (χ3n) is 6.98. The number of aliphatic hydroxyl groups excluding tert-OH is 1. The van der Waals surface area contributed by atoms with Crippen LogP contribution >= 0.6 is 0 Å². The fraction of sp³-hybridized carbons (Fsp3) is 0.708. The van der Waals surface area contributed by atoms with Gasteiger partial charge in [0, 0.05) is 42.7 Å². The van der Waals surface area contributed by atoms with Gasteiger partial charge in [0.05, 0.1) is 12.0 Å². The van der Waals surface area contributed by atoms with Gasteiger partial charge in [-0.15, -0.1) is 0 Å². The maximum Gasteiger partial charge on any atom is 0.312 e. The molecule has 3 unspecified atom stereocenters. The van der Waals surface area contributed by atoms with E-state index in [4.69, 9.17) is 9.47 Å². The molecule has 5 heteroatoms. The molecular formula is C24H35NO4. The van der Waals surface area contributed by atoms with Gasteiger partial charge >= 0.3 is 5.97 Å². The molecule has 3 heterocycles. The molecule has 2 saturated heterocycles. The van der Waals surface area contributed by atoms with Crippen LogP contribution in [-0.2, 0) is 16.0 Å². The summed E-state index contributed by atoms with van der Waals surface area (Å²) in [5.74, 6) is 0.163. The lowest BCUT2D eigenvalue weighted by Gasteiger charge is -2.37. The summed E-state index contributed by atoms with van der Waals surface area (Å²) in [6.07, 6.45) is 4.47. The number of anilines is 1. The van der Waals surface area contributed by atoms with Crippen molar-refractivity contribution in [1.82, 2.24) is 0 Å². The quantitative estimate of drug-likeness (QED) is 0.762. The average Bonchev–Trinajstić information content (AvgIpc) is 2.98. The number of cyclic esters (lactones) is 1. The van der Waals surface area contributed by atoms with Crippen molar-refractivity contribution in [3.63, 3.8) is 0 Å². The predicted molar refractivity (Wildman–Crippen MR) is 114 cm³/mol. The number of rotatable bonds is 3. The summed E-state index contributed by atoms with van der Waals surface area (Å²) in [5, 5.41) is 10.6. The number of fused-ring (bicyclic) bond motifs is 1. The molecular weight excluding hydrogens is 366 g/mol. The van der Waals surface area contributed by atoms with Crippen LogP contribution in [0.1, 0.15) is 81.2 Å². The second kappa shape index (κ2) is 7.50. The first-order valence-electron chi connectivity index (χ1n) is 11.2. The Morgan fingerprint density at radius 1 is 1.14 bits per heavy atom. The summed E-state index contributed by atoms with van der Waals surface area (Å²) in [4.78, 5) is 15.1. The van der Waals surface area contributed by atoms with Crippen molar-refractivity contribution in [2.45, 2.75) is 91.0 Å². The van der Waals surface area contributed by atoms with Crippen LogP contribution in [0, 0.1) is 19.8 Å². The third-order valence-corrected chi connectivity index (χ3v) is 6.98. The zero-order valence-corrected chi connectivity index (χ0v) is 18.5. The van der Waals surface area contributed by atoms with E-state index in [0.717, 1.165) is 36.4 Å². The summed E-state index contributed by atoms with van der Waals surface area (Å²) in [7, 11) is 0. The number of carbonyl (C=O) groups excluding carboxylic acids is 1. The molecule has 0 saturated carbocycles. The van der Waals surface area contributed by atoms with Gasteiger partial charge in [-0.25, -0.2) is 0 Å². The molecule has 0 aromatic heterocycles. The summed E-state index contributed by atoms with van der Waals surface area (Å²) >= 11 is 0. The van der Waals surface area contributed by atoms with Gasteiger partial charge in [0.25, 0.3) is 0 Å². The molecule has 0 radical (unpaired) electrons. The number of aliphatic hydroxyl groups is 1. The Morgan fingerprint density at radius 3 is 2.45 bits per heavy atom. The second-order valence-corrected chi connectivity index (χ2v) is 9.65. The first-order valence-corrected chi connectivity index (χ1v) is 11.2. The lowest BCUT2D eigenvalue weighted by Crippen LogP contribution is -2.38. The average molecular weight is 402 g/mol. The van der Waals surface area contributed by atoms with Crippen LogP contribution in [0.15, 0.2) is 0 Å². The molecule has 29 heavy (non-hydrogen) atoms. The molecule has 3 aliphatic rings. The Hall–Kier alpha value is -1.75. The number of nitrogens with zero attached hydrogens (tertiary/aromatic N) is 1. The minimum Gasteiger partial charge on any atom is -0.487 e. The molecule has 0 aliphatic carbocycles. The first-order chi connectivity index (χ1) is 13.7. The second-order valence-electron chi connectivity index (χ2n) is 9.65. The van der Waals surface area contributed by atoms with E-state index in [1.54, 1.807) is 0 Å². The highest BCUT2D eigenvalue weighted by Crippen LogP contribution is 2.50. The Morgan fingerprint density at radius 2 is 1.83 bits per heavy atom. The lowest BCUT2D eigenvalue weighted by atomic mass is 9.84. The van der Waals surface area contributed by atoms with Gasteiger partial charge < -0.3 is 19.5 Å².